The van der Waals surface area contributed by atoms with Crippen molar-refractivity contribution in [3.8, 4) is 18.0 Å². The molecule has 0 radical (unpaired) electrons. The second-order valence-corrected chi connectivity index (χ2v) is 7.45. The number of carbonyl (C=O) groups is 1. The first-order chi connectivity index (χ1) is 12.4. The fraction of sp³-hybridized carbons (Fsp3) is 0.526. The molecule has 1 saturated heterocycles. The van der Waals surface area contributed by atoms with Gasteiger partial charge in [-0.2, -0.15) is 10.5 Å². The predicted molar refractivity (Wildman–Crippen MR) is 96.5 cm³/mol. The van der Waals surface area contributed by atoms with Gasteiger partial charge in [-0.1, -0.05) is 17.7 Å². The first kappa shape index (κ1) is 18.4. The fourth-order valence-corrected chi connectivity index (χ4v) is 3.87. The molecule has 6 nitrogen and oxygen atoms in total. The summed E-state index contributed by atoms with van der Waals surface area (Å²) in [5.74, 6) is 0.235. The highest BCUT2D eigenvalue weighted by Gasteiger charge is 2.37. The molecule has 3 rings (SSSR count). The number of hydrogen-bond donors (Lipinski definition) is 1. The van der Waals surface area contributed by atoms with E-state index in [9.17, 15) is 10.1 Å². The van der Waals surface area contributed by atoms with Gasteiger partial charge in [-0.3, -0.25) is 4.79 Å². The lowest BCUT2D eigenvalue weighted by Crippen LogP contribution is -2.42. The van der Waals surface area contributed by atoms with Crippen LogP contribution in [0.4, 0.5) is 0 Å². The highest BCUT2D eigenvalue weighted by atomic mass is 35.5. The molecule has 26 heavy (non-hydrogen) atoms. The molecule has 1 aromatic rings. The van der Waals surface area contributed by atoms with E-state index in [0.717, 1.165) is 0 Å². The summed E-state index contributed by atoms with van der Waals surface area (Å²) in [6.07, 6.45) is 4.24. The minimum Gasteiger partial charge on any atom is -0.489 e. The van der Waals surface area contributed by atoms with Crippen LogP contribution in [0.1, 0.15) is 43.5 Å². The number of halogens is 1. The van der Waals surface area contributed by atoms with Crippen LogP contribution in [0.3, 0.4) is 0 Å². The molecular weight excluding hydrogens is 352 g/mol. The van der Waals surface area contributed by atoms with Crippen LogP contribution in [0.15, 0.2) is 18.2 Å². The summed E-state index contributed by atoms with van der Waals surface area (Å²) < 4.78 is 5.83. The van der Waals surface area contributed by atoms with Gasteiger partial charge in [-0.25, -0.2) is 0 Å². The molecule has 7 heteroatoms. The quantitative estimate of drug-likeness (QED) is 0.820. The van der Waals surface area contributed by atoms with Crippen molar-refractivity contribution in [2.45, 2.75) is 57.3 Å². The normalized spacial score (nSPS) is 30.0. The van der Waals surface area contributed by atoms with E-state index in [4.69, 9.17) is 21.6 Å². The first-order valence-electron chi connectivity index (χ1n) is 8.78. The third-order valence-electron chi connectivity index (χ3n) is 5.30. The third-order valence-corrected chi connectivity index (χ3v) is 5.69. The zero-order valence-electron chi connectivity index (χ0n) is 14.8. The smallest absolute Gasteiger partial charge is 0.253 e. The van der Waals surface area contributed by atoms with E-state index in [0.29, 0.717) is 30.6 Å². The molecule has 1 amide bonds. The van der Waals surface area contributed by atoms with Crippen molar-refractivity contribution in [1.29, 1.82) is 10.5 Å². The number of benzene rings is 1. The molecule has 1 heterocycles. The van der Waals surface area contributed by atoms with Crippen molar-refractivity contribution in [1.82, 2.24) is 10.2 Å². The maximum atomic E-state index is 12.7. The second-order valence-electron chi connectivity index (χ2n) is 7.07. The molecule has 1 saturated carbocycles. The third kappa shape index (κ3) is 3.43. The van der Waals surface area contributed by atoms with Gasteiger partial charge in [-0.15, -0.1) is 0 Å². The van der Waals surface area contributed by atoms with Crippen LogP contribution in [0, 0.1) is 28.7 Å². The van der Waals surface area contributed by atoms with Gasteiger partial charge in [0.15, 0.2) is 6.19 Å². The lowest BCUT2D eigenvalue weighted by Gasteiger charge is -2.31. The summed E-state index contributed by atoms with van der Waals surface area (Å²) in [6, 6.07) is 7.27. The molecule has 136 valence electrons. The average molecular weight is 373 g/mol. The largest absolute Gasteiger partial charge is 0.489 e. The molecule has 0 aromatic heterocycles. The summed E-state index contributed by atoms with van der Waals surface area (Å²) in [7, 11) is 0. The van der Waals surface area contributed by atoms with E-state index < -0.39 is 0 Å². The van der Waals surface area contributed by atoms with Crippen LogP contribution in [0.2, 0.25) is 5.02 Å². The highest BCUT2D eigenvalue weighted by molar-refractivity contribution is 6.35. The zero-order chi connectivity index (χ0) is 18.8. The number of carbonyl (C=O) groups excluding carboxylic acids is 1. The second kappa shape index (κ2) is 7.43. The van der Waals surface area contributed by atoms with Crippen LogP contribution in [-0.4, -0.2) is 35.0 Å². The number of rotatable bonds is 4. The summed E-state index contributed by atoms with van der Waals surface area (Å²) in [5.41, 5.74) is 0.357. The number of nitrogens with one attached hydrogen (secondary N) is 1. The summed E-state index contributed by atoms with van der Waals surface area (Å²) in [6.45, 7) is 3.90. The Bertz CT molecular complexity index is 779. The Hall–Kier alpha value is -2.44. The van der Waals surface area contributed by atoms with Crippen LogP contribution in [0.25, 0.3) is 0 Å². The van der Waals surface area contributed by atoms with Gasteiger partial charge >= 0.3 is 0 Å². The molecule has 1 N–H and O–H groups in total. The molecule has 2 aliphatic rings. The van der Waals surface area contributed by atoms with E-state index in [1.165, 1.54) is 0 Å². The van der Waals surface area contributed by atoms with Crippen molar-refractivity contribution in [2.24, 2.45) is 5.92 Å². The lowest BCUT2D eigenvalue weighted by molar-refractivity contribution is 0.0880. The topological polar surface area (TPSA) is 89.2 Å². The number of amides is 1. The highest BCUT2D eigenvalue weighted by Crippen LogP contribution is 2.35. The van der Waals surface area contributed by atoms with Crippen molar-refractivity contribution in [3.05, 3.63) is 28.8 Å². The Morgan fingerprint density at radius 1 is 1.31 bits per heavy atom. The van der Waals surface area contributed by atoms with Gasteiger partial charge in [0, 0.05) is 18.9 Å². The standard InChI is InChI=1S/C19H21ClN4O2/c1-11-6-16(12(2)24(11)10-22)23-19(25)15-4-3-5-17(18(15)20)26-14-7-13(8-14)9-21/h3-5,11-14,16H,6-8H2,1-2H3,(H,23,25)/t11-,12+,13-,14+,16+/m0/s1. The fourth-order valence-electron chi connectivity index (χ4n) is 3.61. The molecule has 0 unspecified atom stereocenters. The molecule has 1 aromatic carbocycles. The maximum Gasteiger partial charge on any atom is 0.253 e. The molecule has 2 fully saturated rings. The molecule has 1 aliphatic heterocycles. The number of hydrogen-bond acceptors (Lipinski definition) is 5. The minimum atomic E-state index is -0.271. The Kier molecular flexibility index (Phi) is 5.25. The van der Waals surface area contributed by atoms with Gasteiger partial charge in [0.1, 0.15) is 11.9 Å². The lowest BCUT2D eigenvalue weighted by atomic mass is 9.83. The molecular formula is C19H21ClN4O2. The molecule has 0 spiro atoms. The maximum absolute atomic E-state index is 12.7. The minimum absolute atomic E-state index is 0.0321. The first-order valence-corrected chi connectivity index (χ1v) is 9.16. The van der Waals surface area contributed by atoms with Gasteiger partial charge in [-0.05, 0) is 32.4 Å². The number of nitrogens with zero attached hydrogens (tertiary/aromatic N) is 3. The Morgan fingerprint density at radius 3 is 2.65 bits per heavy atom. The molecule has 3 atom stereocenters. The average Bonchev–Trinajstić information content (AvgIpc) is 2.84. The van der Waals surface area contributed by atoms with E-state index in [-0.39, 0.29) is 41.1 Å². The SMILES string of the molecule is C[C@@H]1[C@H](NC(=O)c2cccc(O[C@H]3C[C@@H](C#N)C3)c2Cl)C[C@H](C)N1C#N. The number of likely N-dealkylation sites (tertiary alicyclic amines) is 1. The zero-order valence-corrected chi connectivity index (χ0v) is 15.5. The van der Waals surface area contributed by atoms with Crippen LogP contribution < -0.4 is 10.1 Å². The monoisotopic (exact) mass is 372 g/mol. The van der Waals surface area contributed by atoms with Crippen molar-refractivity contribution in [3.63, 3.8) is 0 Å². The van der Waals surface area contributed by atoms with E-state index in [2.05, 4.69) is 17.6 Å². The van der Waals surface area contributed by atoms with Crippen molar-refractivity contribution >= 4 is 17.5 Å². The van der Waals surface area contributed by atoms with Crippen LogP contribution in [-0.2, 0) is 0 Å². The van der Waals surface area contributed by atoms with Crippen molar-refractivity contribution in [2.75, 3.05) is 0 Å². The number of nitriles is 2. The molecule has 0 bridgehead atoms. The number of ether oxygens (including phenoxy) is 1. The Labute approximate surface area is 158 Å². The van der Waals surface area contributed by atoms with Gasteiger partial charge in [0.2, 0.25) is 0 Å². The van der Waals surface area contributed by atoms with Crippen LogP contribution >= 0.6 is 11.6 Å². The van der Waals surface area contributed by atoms with Gasteiger partial charge in [0.25, 0.3) is 5.91 Å². The summed E-state index contributed by atoms with van der Waals surface area (Å²) in [4.78, 5) is 14.4. The van der Waals surface area contributed by atoms with Crippen molar-refractivity contribution < 1.29 is 9.53 Å². The summed E-state index contributed by atoms with van der Waals surface area (Å²) >= 11 is 6.39. The predicted octanol–water partition coefficient (Wildman–Crippen LogP) is 3.08. The summed E-state index contributed by atoms with van der Waals surface area (Å²) in [5, 5.41) is 21.3. The molecule has 1 aliphatic carbocycles. The van der Waals surface area contributed by atoms with E-state index in [1.807, 2.05) is 13.8 Å². The van der Waals surface area contributed by atoms with E-state index >= 15 is 0 Å². The Morgan fingerprint density at radius 2 is 2.04 bits per heavy atom. The van der Waals surface area contributed by atoms with Crippen LogP contribution in [0.5, 0.6) is 5.75 Å². The van der Waals surface area contributed by atoms with E-state index in [1.54, 1.807) is 23.1 Å². The van der Waals surface area contributed by atoms with Gasteiger partial charge in [0.05, 0.1) is 34.7 Å². The van der Waals surface area contributed by atoms with Gasteiger partial charge < -0.3 is 15.0 Å². The Balaban J connectivity index is 1.68.